The molecule has 1 aromatic heterocycles. The Morgan fingerprint density at radius 2 is 2.12 bits per heavy atom. The first-order valence-electron chi connectivity index (χ1n) is 7.17. The van der Waals surface area contributed by atoms with E-state index in [0.29, 0.717) is 28.0 Å². The van der Waals surface area contributed by atoms with Gasteiger partial charge in [0.2, 0.25) is 0 Å². The third kappa shape index (κ3) is 3.83. The number of carbonyl (C=O) groups excluding carboxylic acids is 1. The van der Waals surface area contributed by atoms with Gasteiger partial charge in [-0.2, -0.15) is 0 Å². The monoisotopic (exact) mass is 378 g/mol. The van der Waals surface area contributed by atoms with E-state index in [-0.39, 0.29) is 10.6 Å². The minimum Gasteiger partial charge on any atom is -0.465 e. The number of methoxy groups -OCH3 is 1. The number of nitrogens with zero attached hydrogens (tertiary/aromatic N) is 1. The average molecular weight is 379 g/mol. The van der Waals surface area contributed by atoms with Crippen molar-refractivity contribution in [2.45, 2.75) is 10.6 Å². The SMILES string of the molecule is COC(=O)c1ccc2c(=O)[nH]c(CSc3ccc(F)c(Cl)c3)nc2c1. The van der Waals surface area contributed by atoms with Gasteiger partial charge in [0.25, 0.3) is 5.56 Å². The fourth-order valence-corrected chi connectivity index (χ4v) is 3.27. The summed E-state index contributed by atoms with van der Waals surface area (Å²) in [6, 6.07) is 8.95. The zero-order valence-electron chi connectivity index (χ0n) is 13.0. The summed E-state index contributed by atoms with van der Waals surface area (Å²) in [7, 11) is 1.29. The number of ether oxygens (including phenoxy) is 1. The summed E-state index contributed by atoms with van der Waals surface area (Å²) in [6.07, 6.45) is 0. The number of hydrogen-bond acceptors (Lipinski definition) is 5. The number of aromatic amines is 1. The summed E-state index contributed by atoms with van der Waals surface area (Å²) < 4.78 is 17.9. The van der Waals surface area contributed by atoms with Gasteiger partial charge < -0.3 is 9.72 Å². The number of rotatable bonds is 4. The number of benzene rings is 2. The molecule has 3 aromatic rings. The van der Waals surface area contributed by atoms with E-state index >= 15 is 0 Å². The van der Waals surface area contributed by atoms with Crippen LogP contribution in [0.15, 0.2) is 46.1 Å². The molecule has 25 heavy (non-hydrogen) atoms. The number of thioether (sulfide) groups is 1. The van der Waals surface area contributed by atoms with Crippen LogP contribution in [0.25, 0.3) is 10.9 Å². The Morgan fingerprint density at radius 3 is 2.84 bits per heavy atom. The molecule has 0 aliphatic carbocycles. The molecular formula is C17H12ClFN2O3S. The highest BCUT2D eigenvalue weighted by molar-refractivity contribution is 7.98. The van der Waals surface area contributed by atoms with Crippen LogP contribution in [0, 0.1) is 5.82 Å². The molecule has 0 aliphatic heterocycles. The summed E-state index contributed by atoms with van der Waals surface area (Å²) >= 11 is 7.11. The molecule has 5 nitrogen and oxygen atoms in total. The third-order valence-corrected chi connectivity index (χ3v) is 4.74. The molecule has 0 aliphatic rings. The van der Waals surface area contributed by atoms with E-state index in [1.54, 1.807) is 6.07 Å². The lowest BCUT2D eigenvalue weighted by atomic mass is 10.1. The molecule has 0 saturated heterocycles. The van der Waals surface area contributed by atoms with Gasteiger partial charge in [-0.25, -0.2) is 14.2 Å². The van der Waals surface area contributed by atoms with Crippen LogP contribution in [0.2, 0.25) is 5.02 Å². The molecule has 3 rings (SSSR count). The molecule has 8 heteroatoms. The van der Waals surface area contributed by atoms with Crippen LogP contribution in [0.3, 0.4) is 0 Å². The van der Waals surface area contributed by atoms with Crippen LogP contribution in [0.4, 0.5) is 4.39 Å². The zero-order chi connectivity index (χ0) is 18.0. The number of nitrogens with one attached hydrogen (secondary N) is 1. The average Bonchev–Trinajstić information content (AvgIpc) is 2.61. The second kappa shape index (κ2) is 7.25. The lowest BCUT2D eigenvalue weighted by Crippen LogP contribution is -2.12. The maximum atomic E-state index is 13.2. The van der Waals surface area contributed by atoms with Crippen molar-refractivity contribution in [3.05, 3.63) is 69.0 Å². The normalized spacial score (nSPS) is 10.8. The molecular weight excluding hydrogens is 367 g/mol. The van der Waals surface area contributed by atoms with E-state index in [1.165, 1.54) is 49.2 Å². The highest BCUT2D eigenvalue weighted by Crippen LogP contribution is 2.26. The Bertz CT molecular complexity index is 1020. The van der Waals surface area contributed by atoms with Crippen molar-refractivity contribution < 1.29 is 13.9 Å². The molecule has 0 spiro atoms. The summed E-state index contributed by atoms with van der Waals surface area (Å²) in [6.45, 7) is 0. The Kier molecular flexibility index (Phi) is 5.06. The van der Waals surface area contributed by atoms with Gasteiger partial charge in [0.15, 0.2) is 0 Å². The van der Waals surface area contributed by atoms with Crippen LogP contribution in [-0.2, 0) is 10.5 Å². The van der Waals surface area contributed by atoms with Gasteiger partial charge in [-0.1, -0.05) is 11.6 Å². The van der Waals surface area contributed by atoms with Crippen LogP contribution < -0.4 is 5.56 Å². The third-order valence-electron chi connectivity index (χ3n) is 3.44. The highest BCUT2D eigenvalue weighted by Gasteiger charge is 2.10. The quantitative estimate of drug-likeness (QED) is 0.552. The fraction of sp³-hybridized carbons (Fsp3) is 0.118. The van der Waals surface area contributed by atoms with Gasteiger partial charge in [-0.05, 0) is 36.4 Å². The predicted octanol–water partition coefficient (Wildman–Crippen LogP) is 3.79. The van der Waals surface area contributed by atoms with Crippen LogP contribution in [0.1, 0.15) is 16.2 Å². The number of carbonyl (C=O) groups is 1. The van der Waals surface area contributed by atoms with E-state index < -0.39 is 11.8 Å². The maximum absolute atomic E-state index is 13.2. The highest BCUT2D eigenvalue weighted by atomic mass is 35.5. The van der Waals surface area contributed by atoms with Gasteiger partial charge in [0, 0.05) is 4.90 Å². The molecule has 0 amide bonds. The standard InChI is InChI=1S/C17H12ClFN2O3S/c1-24-17(23)9-2-4-11-14(6-9)20-15(21-16(11)22)8-25-10-3-5-13(19)12(18)7-10/h2-7H,8H2,1H3,(H,20,21,22). The number of H-pyrrole nitrogens is 1. The molecule has 0 saturated carbocycles. The van der Waals surface area contributed by atoms with Gasteiger partial charge in [0.1, 0.15) is 11.6 Å². The zero-order valence-corrected chi connectivity index (χ0v) is 14.6. The van der Waals surface area contributed by atoms with Crippen molar-refractivity contribution >= 4 is 40.2 Å². The lowest BCUT2D eigenvalue weighted by Gasteiger charge is -2.05. The van der Waals surface area contributed by atoms with Crippen molar-refractivity contribution in [3.8, 4) is 0 Å². The van der Waals surface area contributed by atoms with Crippen LogP contribution >= 0.6 is 23.4 Å². The Labute approximate surface area is 151 Å². The first-order chi connectivity index (χ1) is 12.0. The predicted molar refractivity (Wildman–Crippen MR) is 94.7 cm³/mol. The topological polar surface area (TPSA) is 72.1 Å². The summed E-state index contributed by atoms with van der Waals surface area (Å²) in [5.41, 5.74) is 0.422. The molecule has 128 valence electrons. The summed E-state index contributed by atoms with van der Waals surface area (Å²) in [5, 5.41) is 0.416. The van der Waals surface area contributed by atoms with Gasteiger partial charge >= 0.3 is 5.97 Å². The van der Waals surface area contributed by atoms with Crippen molar-refractivity contribution in [1.29, 1.82) is 0 Å². The van der Waals surface area contributed by atoms with E-state index in [2.05, 4.69) is 14.7 Å². The largest absolute Gasteiger partial charge is 0.465 e. The molecule has 0 unspecified atom stereocenters. The molecule has 1 heterocycles. The van der Waals surface area contributed by atoms with Crippen molar-refractivity contribution in [2.75, 3.05) is 7.11 Å². The van der Waals surface area contributed by atoms with Gasteiger partial charge in [0.05, 0.1) is 34.4 Å². The maximum Gasteiger partial charge on any atom is 0.337 e. The second-order valence-electron chi connectivity index (χ2n) is 5.10. The molecule has 2 aromatic carbocycles. The molecule has 0 bridgehead atoms. The number of fused-ring (bicyclic) bond motifs is 1. The Hall–Kier alpha value is -2.38. The Balaban J connectivity index is 1.89. The van der Waals surface area contributed by atoms with Crippen LogP contribution in [-0.4, -0.2) is 23.0 Å². The van der Waals surface area contributed by atoms with Crippen molar-refractivity contribution in [3.63, 3.8) is 0 Å². The van der Waals surface area contributed by atoms with Crippen LogP contribution in [0.5, 0.6) is 0 Å². The first kappa shape index (κ1) is 17.4. The van der Waals surface area contributed by atoms with E-state index in [1.807, 2.05) is 0 Å². The second-order valence-corrected chi connectivity index (χ2v) is 6.56. The van der Waals surface area contributed by atoms with E-state index in [0.717, 1.165) is 4.90 Å². The first-order valence-corrected chi connectivity index (χ1v) is 8.53. The molecule has 0 atom stereocenters. The smallest absolute Gasteiger partial charge is 0.337 e. The van der Waals surface area contributed by atoms with Crippen molar-refractivity contribution in [2.24, 2.45) is 0 Å². The Morgan fingerprint density at radius 1 is 1.32 bits per heavy atom. The summed E-state index contributed by atoms with van der Waals surface area (Å²) in [4.78, 5) is 31.6. The lowest BCUT2D eigenvalue weighted by molar-refractivity contribution is 0.0601. The van der Waals surface area contributed by atoms with Gasteiger partial charge in [-0.15, -0.1) is 11.8 Å². The molecule has 0 fully saturated rings. The number of esters is 1. The van der Waals surface area contributed by atoms with Crippen molar-refractivity contribution in [1.82, 2.24) is 9.97 Å². The number of halogens is 2. The molecule has 0 radical (unpaired) electrons. The summed E-state index contributed by atoms with van der Waals surface area (Å²) in [5.74, 6) is -0.195. The number of aromatic nitrogens is 2. The minimum absolute atomic E-state index is 0.0349. The molecule has 1 N–H and O–H groups in total. The number of hydrogen-bond donors (Lipinski definition) is 1. The minimum atomic E-state index is -0.499. The fourth-order valence-electron chi connectivity index (χ4n) is 2.22. The van der Waals surface area contributed by atoms with E-state index in [4.69, 9.17) is 11.6 Å². The van der Waals surface area contributed by atoms with E-state index in [9.17, 15) is 14.0 Å². The van der Waals surface area contributed by atoms with Gasteiger partial charge in [-0.3, -0.25) is 4.79 Å².